The molecule has 8 nitrogen and oxygen atoms in total. The fraction of sp³-hybridized carbons (Fsp3) is 0.200. The monoisotopic (exact) mass is 501 g/mol. The second-order valence-electron chi connectivity index (χ2n) is 6.71. The van der Waals surface area contributed by atoms with E-state index >= 15 is 0 Å². The molecule has 33 heavy (non-hydrogen) atoms. The van der Waals surface area contributed by atoms with E-state index in [9.17, 15) is 21.6 Å². The van der Waals surface area contributed by atoms with Gasteiger partial charge in [0.1, 0.15) is 23.7 Å². The minimum Gasteiger partial charge on any atom is -0.479 e. The van der Waals surface area contributed by atoms with E-state index in [0.29, 0.717) is 16.5 Å². The zero-order valence-electron chi connectivity index (χ0n) is 17.3. The van der Waals surface area contributed by atoms with Crippen LogP contribution in [0.5, 0.6) is 5.75 Å². The van der Waals surface area contributed by atoms with Gasteiger partial charge >= 0.3 is 6.18 Å². The Labute approximate surface area is 193 Å². The highest BCUT2D eigenvalue weighted by Crippen LogP contribution is 2.34. The number of aromatic nitrogens is 2. The SMILES string of the molecule is CNS(=O)(=O)c1ccc(OC(C)C(F)(F)F)c(Nc2cc(Nc3ccc(Cl)cc3)ncn2)c1. The maximum absolute atomic E-state index is 13.0. The molecule has 0 bridgehead atoms. The van der Waals surface area contributed by atoms with E-state index in [1.54, 1.807) is 24.3 Å². The quantitative estimate of drug-likeness (QED) is 0.405. The van der Waals surface area contributed by atoms with Crippen molar-refractivity contribution in [3.63, 3.8) is 0 Å². The molecular weight excluding hydrogens is 483 g/mol. The molecule has 3 aromatic rings. The zero-order chi connectivity index (χ0) is 24.2. The maximum atomic E-state index is 13.0. The highest BCUT2D eigenvalue weighted by Gasteiger charge is 2.38. The number of benzene rings is 2. The van der Waals surface area contributed by atoms with Crippen molar-refractivity contribution in [2.24, 2.45) is 0 Å². The first-order chi connectivity index (χ1) is 15.5. The predicted molar refractivity (Wildman–Crippen MR) is 119 cm³/mol. The first-order valence-electron chi connectivity index (χ1n) is 9.40. The Morgan fingerprint density at radius 3 is 2.24 bits per heavy atom. The van der Waals surface area contributed by atoms with Gasteiger partial charge in [0.15, 0.2) is 6.10 Å². The van der Waals surface area contributed by atoms with Gasteiger partial charge in [-0.25, -0.2) is 23.1 Å². The Balaban J connectivity index is 1.93. The number of sulfonamides is 1. The fourth-order valence-corrected chi connectivity index (χ4v) is 3.45. The molecule has 0 radical (unpaired) electrons. The van der Waals surface area contributed by atoms with Gasteiger partial charge in [-0.15, -0.1) is 0 Å². The molecule has 0 aliphatic carbocycles. The molecule has 0 fully saturated rings. The van der Waals surface area contributed by atoms with Crippen molar-refractivity contribution in [1.29, 1.82) is 0 Å². The van der Waals surface area contributed by atoms with Crippen LogP contribution in [0.25, 0.3) is 0 Å². The number of alkyl halides is 3. The Hall–Kier alpha value is -3.09. The van der Waals surface area contributed by atoms with E-state index in [4.69, 9.17) is 16.3 Å². The molecule has 0 aliphatic heterocycles. The van der Waals surface area contributed by atoms with Crippen LogP contribution in [0.4, 0.5) is 36.2 Å². The summed E-state index contributed by atoms with van der Waals surface area (Å²) >= 11 is 5.87. The molecule has 1 heterocycles. The predicted octanol–water partition coefficient (Wildman–Crippen LogP) is 4.85. The highest BCUT2D eigenvalue weighted by molar-refractivity contribution is 7.89. The van der Waals surface area contributed by atoms with Crippen LogP contribution in [0.3, 0.4) is 0 Å². The third kappa shape index (κ3) is 6.46. The van der Waals surface area contributed by atoms with Crippen molar-refractivity contribution >= 4 is 44.6 Å². The fourth-order valence-electron chi connectivity index (χ4n) is 2.56. The molecular formula is C20H19ClF3N5O3S. The Bertz CT molecular complexity index is 1220. The minimum absolute atomic E-state index is 0.0291. The number of anilines is 4. The molecule has 0 amide bonds. The van der Waals surface area contributed by atoms with Crippen LogP contribution in [0.1, 0.15) is 6.92 Å². The molecule has 2 aromatic carbocycles. The van der Waals surface area contributed by atoms with Crippen molar-refractivity contribution in [3.8, 4) is 5.75 Å². The molecule has 1 atom stereocenters. The Morgan fingerprint density at radius 1 is 1.00 bits per heavy atom. The number of ether oxygens (including phenoxy) is 1. The number of rotatable bonds is 8. The second-order valence-corrected chi connectivity index (χ2v) is 9.04. The van der Waals surface area contributed by atoms with Crippen LogP contribution >= 0.6 is 11.6 Å². The lowest BCUT2D eigenvalue weighted by atomic mass is 10.2. The summed E-state index contributed by atoms with van der Waals surface area (Å²) < 4.78 is 70.6. The van der Waals surface area contributed by atoms with E-state index in [0.717, 1.165) is 25.1 Å². The van der Waals surface area contributed by atoms with Gasteiger partial charge in [0.05, 0.1) is 10.6 Å². The van der Waals surface area contributed by atoms with Gasteiger partial charge in [0, 0.05) is 16.8 Å². The average Bonchev–Trinajstić information content (AvgIpc) is 2.76. The molecule has 13 heteroatoms. The third-order valence-electron chi connectivity index (χ3n) is 4.34. The average molecular weight is 502 g/mol. The van der Waals surface area contributed by atoms with Crippen LogP contribution < -0.4 is 20.1 Å². The highest BCUT2D eigenvalue weighted by atomic mass is 35.5. The molecule has 1 unspecified atom stereocenters. The van der Waals surface area contributed by atoms with Gasteiger partial charge in [-0.3, -0.25) is 0 Å². The van der Waals surface area contributed by atoms with Gasteiger partial charge < -0.3 is 15.4 Å². The zero-order valence-corrected chi connectivity index (χ0v) is 18.9. The van der Waals surface area contributed by atoms with Gasteiger partial charge in [-0.05, 0) is 56.4 Å². The summed E-state index contributed by atoms with van der Waals surface area (Å²) in [7, 11) is -2.64. The molecule has 176 valence electrons. The number of halogens is 4. The Kier molecular flexibility index (Phi) is 7.30. The summed E-state index contributed by atoms with van der Waals surface area (Å²) in [4.78, 5) is 7.96. The summed E-state index contributed by atoms with van der Waals surface area (Å²) in [5.41, 5.74) is 0.660. The number of nitrogens with zero attached hydrogens (tertiary/aromatic N) is 2. The van der Waals surface area contributed by atoms with E-state index in [1.807, 2.05) is 0 Å². The summed E-state index contributed by atoms with van der Waals surface area (Å²) in [6.45, 7) is 0.848. The van der Waals surface area contributed by atoms with E-state index in [-0.39, 0.29) is 22.2 Å². The van der Waals surface area contributed by atoms with Crippen molar-refractivity contribution < 1.29 is 26.3 Å². The number of nitrogens with one attached hydrogen (secondary N) is 3. The van der Waals surface area contributed by atoms with Gasteiger partial charge in [-0.1, -0.05) is 11.6 Å². The molecule has 0 aliphatic rings. The van der Waals surface area contributed by atoms with Crippen molar-refractivity contribution in [2.45, 2.75) is 24.1 Å². The van der Waals surface area contributed by atoms with Gasteiger partial charge in [0.2, 0.25) is 10.0 Å². The molecule has 0 saturated heterocycles. The van der Waals surface area contributed by atoms with E-state index in [1.165, 1.54) is 19.4 Å². The minimum atomic E-state index is -4.61. The first kappa shape index (κ1) is 24.6. The van der Waals surface area contributed by atoms with Crippen molar-refractivity contribution in [1.82, 2.24) is 14.7 Å². The van der Waals surface area contributed by atoms with Crippen LogP contribution in [0.15, 0.2) is 59.8 Å². The summed E-state index contributed by atoms with van der Waals surface area (Å²) in [5, 5.41) is 6.40. The van der Waals surface area contributed by atoms with Crippen LogP contribution in [-0.2, 0) is 10.0 Å². The Morgan fingerprint density at radius 2 is 1.64 bits per heavy atom. The van der Waals surface area contributed by atoms with E-state index in [2.05, 4.69) is 25.3 Å². The van der Waals surface area contributed by atoms with Gasteiger partial charge in [0.25, 0.3) is 0 Å². The van der Waals surface area contributed by atoms with Crippen LogP contribution in [0.2, 0.25) is 5.02 Å². The van der Waals surface area contributed by atoms with Gasteiger partial charge in [-0.2, -0.15) is 13.2 Å². The number of hydrogen-bond acceptors (Lipinski definition) is 7. The molecule has 0 spiro atoms. The van der Waals surface area contributed by atoms with Crippen LogP contribution in [-0.4, -0.2) is 37.7 Å². The lowest BCUT2D eigenvalue weighted by molar-refractivity contribution is -0.189. The smallest absolute Gasteiger partial charge is 0.425 e. The lowest BCUT2D eigenvalue weighted by Gasteiger charge is -2.20. The topological polar surface area (TPSA) is 105 Å². The van der Waals surface area contributed by atoms with E-state index < -0.39 is 22.3 Å². The molecule has 3 N–H and O–H groups in total. The molecule has 3 rings (SSSR count). The van der Waals surface area contributed by atoms with Crippen molar-refractivity contribution in [2.75, 3.05) is 17.7 Å². The summed E-state index contributed by atoms with van der Waals surface area (Å²) in [6, 6.07) is 11.8. The lowest BCUT2D eigenvalue weighted by Crippen LogP contribution is -2.31. The summed E-state index contributed by atoms with van der Waals surface area (Å²) in [5.74, 6) is 0.352. The van der Waals surface area contributed by atoms with Crippen molar-refractivity contribution in [3.05, 3.63) is 59.9 Å². The molecule has 1 aromatic heterocycles. The normalized spacial score (nSPS) is 12.8. The first-order valence-corrected chi connectivity index (χ1v) is 11.3. The number of hydrogen-bond donors (Lipinski definition) is 3. The molecule has 0 saturated carbocycles. The third-order valence-corrected chi connectivity index (χ3v) is 6.01. The standard InChI is InChI=1S/C20H19ClF3N5O3S/c1-12(20(22,23)24)32-17-8-7-15(33(30,31)25-2)9-16(17)29-19-10-18(26-11-27-19)28-14-5-3-13(21)4-6-14/h3-12,25H,1-2H3,(H2,26,27,28,29). The van der Waals surface area contributed by atoms with Crippen LogP contribution in [0, 0.1) is 0 Å². The second kappa shape index (κ2) is 9.81. The largest absolute Gasteiger partial charge is 0.479 e. The summed E-state index contributed by atoms with van der Waals surface area (Å²) in [6.07, 6.45) is -5.51. The maximum Gasteiger partial charge on any atom is 0.425 e.